The van der Waals surface area contributed by atoms with Gasteiger partial charge in [-0.3, -0.25) is 14.7 Å². The van der Waals surface area contributed by atoms with Crippen LogP contribution in [0, 0.1) is 11.2 Å². The van der Waals surface area contributed by atoms with Crippen molar-refractivity contribution >= 4 is 5.91 Å². The number of piperidine rings is 1. The summed E-state index contributed by atoms with van der Waals surface area (Å²) in [5, 5.41) is 0. The predicted molar refractivity (Wildman–Crippen MR) is 133 cm³/mol. The Balaban J connectivity index is 1.16. The van der Waals surface area contributed by atoms with E-state index in [1.165, 1.54) is 17.7 Å². The highest BCUT2D eigenvalue weighted by Gasteiger charge is 2.51. The van der Waals surface area contributed by atoms with Crippen LogP contribution in [0.3, 0.4) is 0 Å². The number of nitrogens with zero attached hydrogens (tertiary/aromatic N) is 3. The van der Waals surface area contributed by atoms with Crippen LogP contribution in [0.2, 0.25) is 0 Å². The van der Waals surface area contributed by atoms with Crippen LogP contribution in [0.25, 0.3) is 0 Å². The molecule has 6 heteroatoms. The lowest BCUT2D eigenvalue weighted by molar-refractivity contribution is -0.137. The lowest BCUT2D eigenvalue weighted by Gasteiger charge is -2.37. The first kappa shape index (κ1) is 23.5. The average molecular weight is 474 g/mol. The zero-order valence-electron chi connectivity index (χ0n) is 20.2. The third kappa shape index (κ3) is 5.38. The summed E-state index contributed by atoms with van der Waals surface area (Å²) in [6.45, 7) is 3.11. The molecule has 0 bridgehead atoms. The van der Waals surface area contributed by atoms with Crippen LogP contribution in [0.5, 0.6) is 5.75 Å². The van der Waals surface area contributed by atoms with Gasteiger partial charge in [-0.1, -0.05) is 30.3 Å². The van der Waals surface area contributed by atoms with Crippen molar-refractivity contribution in [3.8, 4) is 5.75 Å². The van der Waals surface area contributed by atoms with Gasteiger partial charge in [0.2, 0.25) is 5.91 Å². The maximum absolute atomic E-state index is 13.3. The standard InChI is InChI=1S/C29H32FN3O2/c1-32-26(17-22-8-10-24(30)11-9-22)19-29(28(32)34)12-15-33(16-13-29)20-23-5-4-7-27(18-23)35-21-25-6-2-3-14-31-25/h2-11,14,18,26H,12-13,15-17,19-21H2,1H3. The van der Waals surface area contributed by atoms with E-state index in [9.17, 15) is 9.18 Å². The second-order valence-corrected chi connectivity index (χ2v) is 9.92. The molecule has 0 radical (unpaired) electrons. The van der Waals surface area contributed by atoms with E-state index in [-0.39, 0.29) is 23.2 Å². The largest absolute Gasteiger partial charge is 0.487 e. The molecule has 1 amide bonds. The van der Waals surface area contributed by atoms with E-state index in [2.05, 4.69) is 22.0 Å². The summed E-state index contributed by atoms with van der Waals surface area (Å²) in [4.78, 5) is 21.9. The maximum Gasteiger partial charge on any atom is 0.228 e. The highest BCUT2D eigenvalue weighted by atomic mass is 19.1. The fourth-order valence-corrected chi connectivity index (χ4v) is 5.51. The van der Waals surface area contributed by atoms with Crippen molar-refractivity contribution in [3.05, 3.63) is 95.6 Å². The van der Waals surface area contributed by atoms with E-state index in [1.54, 1.807) is 6.20 Å². The fourth-order valence-electron chi connectivity index (χ4n) is 5.51. The number of benzene rings is 2. The molecular weight excluding hydrogens is 441 g/mol. The van der Waals surface area contributed by atoms with Gasteiger partial charge in [-0.25, -0.2) is 4.39 Å². The summed E-state index contributed by atoms with van der Waals surface area (Å²) in [7, 11) is 1.92. The number of likely N-dealkylation sites (N-methyl/N-ethyl adjacent to an activating group) is 1. The molecule has 2 aliphatic heterocycles. The first-order valence-corrected chi connectivity index (χ1v) is 12.4. The molecule has 2 aliphatic rings. The van der Waals surface area contributed by atoms with Crippen molar-refractivity contribution in [3.63, 3.8) is 0 Å². The Bertz CT molecular complexity index is 1140. The average Bonchev–Trinajstić information content (AvgIpc) is 3.11. The van der Waals surface area contributed by atoms with Crippen LogP contribution < -0.4 is 4.74 Å². The molecule has 5 rings (SSSR count). The van der Waals surface area contributed by atoms with Crippen molar-refractivity contribution in [1.82, 2.24) is 14.8 Å². The molecule has 182 valence electrons. The van der Waals surface area contributed by atoms with Gasteiger partial charge in [0, 0.05) is 25.8 Å². The molecule has 2 saturated heterocycles. The minimum atomic E-state index is -0.260. The van der Waals surface area contributed by atoms with Gasteiger partial charge in [0.25, 0.3) is 0 Å². The molecule has 3 aromatic rings. The minimum absolute atomic E-state index is 0.174. The van der Waals surface area contributed by atoms with E-state index >= 15 is 0 Å². The maximum atomic E-state index is 13.3. The number of pyridine rings is 1. The summed E-state index contributed by atoms with van der Waals surface area (Å²) >= 11 is 0. The number of likely N-dealkylation sites (tertiary alicyclic amines) is 2. The predicted octanol–water partition coefficient (Wildman–Crippen LogP) is 4.86. The van der Waals surface area contributed by atoms with Gasteiger partial charge in [-0.15, -0.1) is 0 Å². The molecule has 0 saturated carbocycles. The van der Waals surface area contributed by atoms with Crippen LogP contribution in [0.15, 0.2) is 72.9 Å². The van der Waals surface area contributed by atoms with E-state index in [1.807, 2.05) is 54.4 Å². The van der Waals surface area contributed by atoms with E-state index in [0.717, 1.165) is 62.3 Å². The molecule has 2 fully saturated rings. The highest BCUT2D eigenvalue weighted by Crippen LogP contribution is 2.44. The van der Waals surface area contributed by atoms with Gasteiger partial charge in [-0.05, 0) is 86.3 Å². The summed E-state index contributed by atoms with van der Waals surface area (Å²) in [6.07, 6.45) is 5.19. The van der Waals surface area contributed by atoms with Crippen LogP contribution in [0.4, 0.5) is 4.39 Å². The van der Waals surface area contributed by atoms with Crippen LogP contribution in [-0.4, -0.2) is 46.9 Å². The molecule has 1 aromatic heterocycles. The molecule has 1 unspecified atom stereocenters. The van der Waals surface area contributed by atoms with Crippen molar-refractivity contribution < 1.29 is 13.9 Å². The monoisotopic (exact) mass is 473 g/mol. The first-order valence-electron chi connectivity index (χ1n) is 12.4. The summed E-state index contributed by atoms with van der Waals surface area (Å²) in [5.74, 6) is 0.894. The van der Waals surface area contributed by atoms with Gasteiger partial charge in [0.15, 0.2) is 0 Å². The second-order valence-electron chi connectivity index (χ2n) is 9.92. The molecule has 2 aromatic carbocycles. The van der Waals surface area contributed by atoms with Gasteiger partial charge >= 0.3 is 0 Å². The number of rotatable bonds is 7. The third-order valence-electron chi connectivity index (χ3n) is 7.56. The summed E-state index contributed by atoms with van der Waals surface area (Å²) in [6, 6.07) is 20.9. The number of halogens is 1. The Morgan fingerprint density at radius 3 is 2.57 bits per heavy atom. The molecule has 1 spiro atoms. The molecular formula is C29H32FN3O2. The normalized spacial score (nSPS) is 19.9. The summed E-state index contributed by atoms with van der Waals surface area (Å²) < 4.78 is 19.2. The second kappa shape index (κ2) is 10.2. The SMILES string of the molecule is CN1C(=O)C2(CCN(Cc3cccc(OCc4ccccn4)c3)CC2)CC1Cc1ccc(F)cc1. The topological polar surface area (TPSA) is 45.7 Å². The number of carbonyl (C=O) groups excluding carboxylic acids is 1. The van der Waals surface area contributed by atoms with Gasteiger partial charge < -0.3 is 9.64 Å². The van der Waals surface area contributed by atoms with Crippen LogP contribution in [-0.2, 0) is 24.4 Å². The van der Waals surface area contributed by atoms with E-state index < -0.39 is 0 Å². The van der Waals surface area contributed by atoms with E-state index in [4.69, 9.17) is 4.74 Å². The Morgan fingerprint density at radius 2 is 1.83 bits per heavy atom. The first-order chi connectivity index (χ1) is 17.0. The Morgan fingerprint density at radius 1 is 1.03 bits per heavy atom. The molecule has 0 N–H and O–H groups in total. The smallest absolute Gasteiger partial charge is 0.228 e. The lowest BCUT2D eigenvalue weighted by atomic mass is 9.75. The van der Waals surface area contributed by atoms with Crippen molar-refractivity contribution in [2.75, 3.05) is 20.1 Å². The zero-order chi connectivity index (χ0) is 24.3. The number of carbonyl (C=O) groups is 1. The number of ether oxygens (including phenoxy) is 1. The van der Waals surface area contributed by atoms with Gasteiger partial charge in [-0.2, -0.15) is 0 Å². The highest BCUT2D eigenvalue weighted by molar-refractivity contribution is 5.85. The molecule has 0 aliphatic carbocycles. The van der Waals surface area contributed by atoms with Crippen molar-refractivity contribution in [2.24, 2.45) is 5.41 Å². The zero-order valence-corrected chi connectivity index (χ0v) is 20.2. The van der Waals surface area contributed by atoms with Crippen LogP contribution >= 0.6 is 0 Å². The molecule has 1 atom stereocenters. The Hall–Kier alpha value is -3.25. The minimum Gasteiger partial charge on any atom is -0.487 e. The summed E-state index contributed by atoms with van der Waals surface area (Å²) in [5.41, 5.74) is 2.94. The van der Waals surface area contributed by atoms with Crippen molar-refractivity contribution in [1.29, 1.82) is 0 Å². The fraction of sp³-hybridized carbons (Fsp3) is 0.379. The third-order valence-corrected chi connectivity index (χ3v) is 7.56. The number of aromatic nitrogens is 1. The lowest BCUT2D eigenvalue weighted by Crippen LogP contribution is -2.43. The van der Waals surface area contributed by atoms with Crippen molar-refractivity contribution in [2.45, 2.75) is 44.9 Å². The quantitative estimate of drug-likeness (QED) is 0.492. The number of hydrogen-bond acceptors (Lipinski definition) is 4. The van der Waals surface area contributed by atoms with Gasteiger partial charge in [0.05, 0.1) is 11.1 Å². The Kier molecular flexibility index (Phi) is 6.82. The number of amides is 1. The van der Waals surface area contributed by atoms with E-state index in [0.29, 0.717) is 6.61 Å². The van der Waals surface area contributed by atoms with Crippen LogP contribution in [0.1, 0.15) is 36.1 Å². The van der Waals surface area contributed by atoms with Gasteiger partial charge in [0.1, 0.15) is 18.2 Å². The molecule has 35 heavy (non-hydrogen) atoms. The molecule has 5 nitrogen and oxygen atoms in total. The number of hydrogen-bond donors (Lipinski definition) is 0. The Labute approximate surface area is 206 Å². The molecule has 3 heterocycles.